The van der Waals surface area contributed by atoms with E-state index in [9.17, 15) is 0 Å². The second kappa shape index (κ2) is 14.9. The Morgan fingerprint density at radius 1 is 0.667 bits per heavy atom. The van der Waals surface area contributed by atoms with Gasteiger partial charge >= 0.3 is 0 Å². The second-order valence-corrected chi connectivity index (χ2v) is 5.37. The molecule has 0 saturated carbocycles. The predicted molar refractivity (Wildman–Crippen MR) is 101 cm³/mol. The molecule has 0 bridgehead atoms. The van der Waals surface area contributed by atoms with Gasteiger partial charge in [-0.1, -0.05) is 30.3 Å². The maximum atomic E-state index is 2.52. The van der Waals surface area contributed by atoms with Crippen LogP contribution in [-0.2, 0) is 6.54 Å². The van der Waals surface area contributed by atoms with Gasteiger partial charge in [-0.3, -0.25) is 4.90 Å². The monoisotopic (exact) mass is 357 g/mol. The van der Waals surface area contributed by atoms with E-state index in [4.69, 9.17) is 0 Å². The highest BCUT2D eigenvalue weighted by Crippen LogP contribution is 2.04. The topological polar surface area (TPSA) is 9.72 Å². The summed E-state index contributed by atoms with van der Waals surface area (Å²) in [6.07, 6.45) is 0. The minimum Gasteiger partial charge on any atom is -0.308 e. The third-order valence-corrected chi connectivity index (χ3v) is 2.98. The minimum absolute atomic E-state index is 0. The summed E-state index contributed by atoms with van der Waals surface area (Å²) in [4.78, 5) is 7.01. The molecule has 0 fully saturated rings. The number of nitrogens with zero attached hydrogens (tertiary/aromatic N) is 3. The van der Waals surface area contributed by atoms with Gasteiger partial charge in [0.05, 0.1) is 0 Å². The predicted octanol–water partition coefficient (Wildman–Crippen LogP) is 2.88. The summed E-state index contributed by atoms with van der Waals surface area (Å²) in [5.74, 6) is 0. The lowest BCUT2D eigenvalue weighted by atomic mass is 10.2. The van der Waals surface area contributed by atoms with Crippen LogP contribution in [0.1, 0.15) is 5.56 Å². The molecule has 126 valence electrons. The van der Waals surface area contributed by atoms with Crippen molar-refractivity contribution in [2.75, 3.05) is 54.4 Å². The summed E-state index contributed by atoms with van der Waals surface area (Å²) in [6, 6.07) is 10.7. The largest absolute Gasteiger partial charge is 0.308 e. The number of rotatable bonds is 8. The molecular weight excluding hydrogens is 329 g/mol. The van der Waals surface area contributed by atoms with E-state index in [2.05, 4.69) is 73.2 Å². The molecule has 6 heteroatoms. The fourth-order valence-electron chi connectivity index (χ4n) is 1.79. The van der Waals surface area contributed by atoms with Crippen LogP contribution < -0.4 is 0 Å². The molecule has 1 aromatic rings. The molecule has 0 atom stereocenters. The molecule has 21 heavy (non-hydrogen) atoms. The second-order valence-electron chi connectivity index (χ2n) is 5.37. The zero-order valence-electron chi connectivity index (χ0n) is 13.5. The molecule has 0 radical (unpaired) electrons. The van der Waals surface area contributed by atoms with Gasteiger partial charge in [-0.05, 0) is 33.8 Å². The van der Waals surface area contributed by atoms with Gasteiger partial charge in [-0.2, -0.15) is 0 Å². The maximum Gasteiger partial charge on any atom is 0.0234 e. The Hall–Kier alpha value is -0.0300. The molecule has 3 nitrogen and oxygen atoms in total. The highest BCUT2D eigenvalue weighted by molar-refractivity contribution is 5.86. The Balaban J connectivity index is -0.00000108. The first-order valence-electron chi connectivity index (χ1n) is 6.63. The van der Waals surface area contributed by atoms with Crippen molar-refractivity contribution in [3.63, 3.8) is 0 Å². The van der Waals surface area contributed by atoms with Gasteiger partial charge in [0.1, 0.15) is 0 Å². The Morgan fingerprint density at radius 2 is 1.10 bits per heavy atom. The molecular formula is C15H30Cl3N3. The Kier molecular flexibility index (Phi) is 18.4. The Morgan fingerprint density at radius 3 is 1.48 bits per heavy atom. The SMILES string of the molecule is CN(C)CCN(CCN(C)C)Cc1ccccc1.Cl.Cl.Cl. The lowest BCUT2D eigenvalue weighted by Crippen LogP contribution is -2.36. The highest BCUT2D eigenvalue weighted by atomic mass is 35.5. The van der Waals surface area contributed by atoms with Crippen LogP contribution in [0.3, 0.4) is 0 Å². The molecule has 1 aromatic carbocycles. The molecule has 1 rings (SSSR count). The van der Waals surface area contributed by atoms with Gasteiger partial charge in [0.2, 0.25) is 0 Å². The van der Waals surface area contributed by atoms with Gasteiger partial charge in [0.25, 0.3) is 0 Å². The van der Waals surface area contributed by atoms with Crippen molar-refractivity contribution in [1.29, 1.82) is 0 Å². The van der Waals surface area contributed by atoms with Crippen LogP contribution in [0.25, 0.3) is 0 Å². The minimum atomic E-state index is 0. The summed E-state index contributed by atoms with van der Waals surface area (Å²) in [6.45, 7) is 5.51. The van der Waals surface area contributed by atoms with Crippen molar-refractivity contribution in [3.8, 4) is 0 Å². The molecule has 0 unspecified atom stereocenters. The average molecular weight is 359 g/mol. The number of hydrogen-bond acceptors (Lipinski definition) is 3. The summed E-state index contributed by atoms with van der Waals surface area (Å²) in [7, 11) is 8.53. The number of halogens is 3. The quantitative estimate of drug-likeness (QED) is 0.707. The maximum absolute atomic E-state index is 2.52. The first-order chi connectivity index (χ1) is 8.58. The van der Waals surface area contributed by atoms with Crippen LogP contribution in [0.4, 0.5) is 0 Å². The zero-order chi connectivity index (χ0) is 13.4. The molecule has 0 N–H and O–H groups in total. The van der Waals surface area contributed by atoms with Crippen LogP contribution in [0.5, 0.6) is 0 Å². The van der Waals surface area contributed by atoms with Crippen molar-refractivity contribution in [2.45, 2.75) is 6.54 Å². The van der Waals surface area contributed by atoms with Crippen LogP contribution in [0.2, 0.25) is 0 Å². The van der Waals surface area contributed by atoms with E-state index in [0.29, 0.717) is 0 Å². The standard InChI is InChI=1S/C15H27N3.3ClH/c1-16(2)10-12-18(13-11-17(3)4)14-15-8-6-5-7-9-15;;;/h5-9H,10-14H2,1-4H3;3*1H. The van der Waals surface area contributed by atoms with Crippen LogP contribution >= 0.6 is 37.2 Å². The summed E-state index contributed by atoms with van der Waals surface area (Å²) in [5.41, 5.74) is 1.40. The smallest absolute Gasteiger partial charge is 0.0234 e. The number of hydrogen-bond donors (Lipinski definition) is 0. The highest BCUT2D eigenvalue weighted by Gasteiger charge is 2.06. The van der Waals surface area contributed by atoms with Crippen LogP contribution in [0, 0.1) is 0 Å². The van der Waals surface area contributed by atoms with E-state index in [-0.39, 0.29) is 37.2 Å². The van der Waals surface area contributed by atoms with E-state index in [1.54, 1.807) is 0 Å². The lowest BCUT2D eigenvalue weighted by molar-refractivity contribution is 0.212. The average Bonchev–Trinajstić information content (AvgIpc) is 2.33. The Labute approximate surface area is 148 Å². The third-order valence-electron chi connectivity index (χ3n) is 2.98. The molecule has 0 aliphatic carbocycles. The fourth-order valence-corrected chi connectivity index (χ4v) is 1.79. The van der Waals surface area contributed by atoms with E-state index in [1.807, 2.05) is 0 Å². The van der Waals surface area contributed by atoms with Crippen molar-refractivity contribution >= 4 is 37.2 Å². The van der Waals surface area contributed by atoms with Crippen molar-refractivity contribution < 1.29 is 0 Å². The lowest BCUT2D eigenvalue weighted by Gasteiger charge is -2.25. The molecule has 0 heterocycles. The number of benzene rings is 1. The van der Waals surface area contributed by atoms with Crippen LogP contribution in [-0.4, -0.2) is 69.1 Å². The first-order valence-corrected chi connectivity index (χ1v) is 6.63. The first kappa shape index (κ1) is 25.9. The third kappa shape index (κ3) is 13.4. The van der Waals surface area contributed by atoms with Crippen molar-refractivity contribution in [3.05, 3.63) is 35.9 Å². The molecule has 0 aliphatic heterocycles. The summed E-state index contributed by atoms with van der Waals surface area (Å²) < 4.78 is 0. The normalized spacial score (nSPS) is 10.0. The summed E-state index contributed by atoms with van der Waals surface area (Å²) >= 11 is 0. The fraction of sp³-hybridized carbons (Fsp3) is 0.600. The molecule has 0 aromatic heterocycles. The molecule has 0 aliphatic rings. The molecule has 0 spiro atoms. The van der Waals surface area contributed by atoms with Gasteiger partial charge in [-0.15, -0.1) is 37.2 Å². The van der Waals surface area contributed by atoms with E-state index in [1.165, 1.54) is 5.56 Å². The molecule has 0 saturated heterocycles. The summed E-state index contributed by atoms with van der Waals surface area (Å²) in [5, 5.41) is 0. The van der Waals surface area contributed by atoms with E-state index < -0.39 is 0 Å². The van der Waals surface area contributed by atoms with Gasteiger partial charge in [-0.25, -0.2) is 0 Å². The Bertz CT molecular complexity index is 309. The zero-order valence-corrected chi connectivity index (χ0v) is 15.9. The molecule has 0 amide bonds. The van der Waals surface area contributed by atoms with E-state index >= 15 is 0 Å². The number of likely N-dealkylation sites (N-methyl/N-ethyl adjacent to an activating group) is 2. The van der Waals surface area contributed by atoms with Crippen molar-refractivity contribution in [2.24, 2.45) is 0 Å². The van der Waals surface area contributed by atoms with Gasteiger partial charge < -0.3 is 9.80 Å². The van der Waals surface area contributed by atoms with E-state index in [0.717, 1.165) is 32.7 Å². The van der Waals surface area contributed by atoms with Crippen molar-refractivity contribution in [1.82, 2.24) is 14.7 Å². The van der Waals surface area contributed by atoms with Gasteiger partial charge in [0.15, 0.2) is 0 Å². The van der Waals surface area contributed by atoms with Gasteiger partial charge in [0, 0.05) is 32.7 Å². The van der Waals surface area contributed by atoms with Crippen LogP contribution in [0.15, 0.2) is 30.3 Å².